The van der Waals surface area contributed by atoms with Crippen LogP contribution in [0.1, 0.15) is 51.4 Å². The maximum absolute atomic E-state index is 9.42. The van der Waals surface area contributed by atoms with Crippen molar-refractivity contribution in [3.8, 4) is 0 Å². The van der Waals surface area contributed by atoms with E-state index in [0.717, 1.165) is 6.42 Å². The van der Waals surface area contributed by atoms with Gasteiger partial charge >= 0.3 is 0 Å². The number of rotatable bonds is 5. The van der Waals surface area contributed by atoms with E-state index in [1.807, 2.05) is 6.08 Å². The Balaban J connectivity index is 2.33. The van der Waals surface area contributed by atoms with Gasteiger partial charge in [0.2, 0.25) is 0 Å². The third kappa shape index (κ3) is 3.15. The lowest BCUT2D eigenvalue weighted by Gasteiger charge is -2.35. The molecule has 0 aromatic rings. The number of unbranched alkanes of at least 4 members (excludes halogenated alkanes) is 1. The van der Waals surface area contributed by atoms with Crippen molar-refractivity contribution >= 4 is 0 Å². The van der Waals surface area contributed by atoms with Crippen molar-refractivity contribution in [2.75, 3.05) is 6.61 Å². The Labute approximate surface area is 81.9 Å². The van der Waals surface area contributed by atoms with Crippen LogP contribution in [0.2, 0.25) is 0 Å². The number of hydrogen-bond acceptors (Lipinski definition) is 1. The molecule has 1 N–H and O–H groups in total. The van der Waals surface area contributed by atoms with Crippen LogP contribution < -0.4 is 0 Å². The summed E-state index contributed by atoms with van der Waals surface area (Å²) < 4.78 is 0. The van der Waals surface area contributed by atoms with Gasteiger partial charge in [0.05, 0.1) is 0 Å². The molecule has 1 aliphatic carbocycles. The van der Waals surface area contributed by atoms with Gasteiger partial charge in [0, 0.05) is 6.61 Å². The van der Waals surface area contributed by atoms with Crippen LogP contribution in [0, 0.1) is 5.41 Å². The minimum absolute atomic E-state index is 0.279. The average Bonchev–Trinajstić information content (AvgIpc) is 2.20. The van der Waals surface area contributed by atoms with Crippen LogP contribution in [0.15, 0.2) is 12.7 Å². The topological polar surface area (TPSA) is 20.2 Å². The first-order chi connectivity index (χ1) is 6.33. The Hall–Kier alpha value is -0.300. The zero-order chi connectivity index (χ0) is 9.57. The fourth-order valence-electron chi connectivity index (χ4n) is 2.41. The van der Waals surface area contributed by atoms with Crippen molar-refractivity contribution in [1.82, 2.24) is 0 Å². The van der Waals surface area contributed by atoms with Crippen molar-refractivity contribution in [3.05, 3.63) is 12.7 Å². The Morgan fingerprint density at radius 3 is 2.46 bits per heavy atom. The summed E-state index contributed by atoms with van der Waals surface area (Å²) in [4.78, 5) is 0. The van der Waals surface area contributed by atoms with E-state index in [1.165, 1.54) is 44.9 Å². The van der Waals surface area contributed by atoms with Crippen LogP contribution >= 0.6 is 0 Å². The zero-order valence-electron chi connectivity index (χ0n) is 8.60. The van der Waals surface area contributed by atoms with Gasteiger partial charge in [-0.3, -0.25) is 0 Å². The summed E-state index contributed by atoms with van der Waals surface area (Å²) in [6, 6.07) is 0. The largest absolute Gasteiger partial charge is 0.396 e. The number of aliphatic hydroxyl groups is 1. The van der Waals surface area contributed by atoms with E-state index in [1.54, 1.807) is 0 Å². The molecule has 0 spiro atoms. The predicted molar refractivity (Wildman–Crippen MR) is 56.7 cm³/mol. The Morgan fingerprint density at radius 2 is 1.92 bits per heavy atom. The van der Waals surface area contributed by atoms with Gasteiger partial charge < -0.3 is 5.11 Å². The minimum atomic E-state index is 0.279. The van der Waals surface area contributed by atoms with Gasteiger partial charge in [-0.05, 0) is 37.5 Å². The zero-order valence-corrected chi connectivity index (χ0v) is 8.60. The SMILES string of the molecule is C=CCCCC1(CO)CCCCC1. The lowest BCUT2D eigenvalue weighted by molar-refractivity contribution is 0.0716. The highest BCUT2D eigenvalue weighted by atomic mass is 16.3. The monoisotopic (exact) mass is 182 g/mol. The van der Waals surface area contributed by atoms with Crippen LogP contribution in [0.4, 0.5) is 0 Å². The van der Waals surface area contributed by atoms with E-state index < -0.39 is 0 Å². The second-order valence-electron chi connectivity index (χ2n) is 4.40. The molecular formula is C12H22O. The summed E-state index contributed by atoms with van der Waals surface area (Å²) in [5, 5.41) is 9.42. The summed E-state index contributed by atoms with van der Waals surface area (Å²) >= 11 is 0. The third-order valence-corrected chi connectivity index (χ3v) is 3.36. The number of hydrogen-bond donors (Lipinski definition) is 1. The highest BCUT2D eigenvalue weighted by molar-refractivity contribution is 4.83. The van der Waals surface area contributed by atoms with E-state index >= 15 is 0 Å². The molecule has 0 atom stereocenters. The number of aliphatic hydroxyl groups excluding tert-OH is 1. The smallest absolute Gasteiger partial charge is 0.0487 e. The van der Waals surface area contributed by atoms with Crippen molar-refractivity contribution in [1.29, 1.82) is 0 Å². The highest BCUT2D eigenvalue weighted by Crippen LogP contribution is 2.39. The second kappa shape index (κ2) is 5.43. The summed E-state index contributed by atoms with van der Waals surface area (Å²) in [6.45, 7) is 4.12. The molecule has 0 aromatic heterocycles. The van der Waals surface area contributed by atoms with Crippen molar-refractivity contribution in [2.24, 2.45) is 5.41 Å². The minimum Gasteiger partial charge on any atom is -0.396 e. The first-order valence-corrected chi connectivity index (χ1v) is 5.55. The van der Waals surface area contributed by atoms with E-state index in [-0.39, 0.29) is 5.41 Å². The van der Waals surface area contributed by atoms with Crippen LogP contribution in [0.25, 0.3) is 0 Å². The summed E-state index contributed by atoms with van der Waals surface area (Å²) in [5.41, 5.74) is 0.279. The van der Waals surface area contributed by atoms with E-state index in [4.69, 9.17) is 0 Å². The predicted octanol–water partition coefficient (Wildman–Crippen LogP) is 3.29. The summed E-state index contributed by atoms with van der Waals surface area (Å²) in [6.07, 6.45) is 11.9. The third-order valence-electron chi connectivity index (χ3n) is 3.36. The first kappa shape index (κ1) is 10.8. The molecule has 0 amide bonds. The maximum Gasteiger partial charge on any atom is 0.0487 e. The van der Waals surface area contributed by atoms with Crippen LogP contribution in [0.5, 0.6) is 0 Å². The molecule has 13 heavy (non-hydrogen) atoms. The fourth-order valence-corrected chi connectivity index (χ4v) is 2.41. The first-order valence-electron chi connectivity index (χ1n) is 5.55. The van der Waals surface area contributed by atoms with E-state index in [9.17, 15) is 5.11 Å². The Bertz CT molecular complexity index is 145. The Kier molecular flexibility index (Phi) is 4.51. The molecule has 0 saturated heterocycles. The molecule has 0 heterocycles. The van der Waals surface area contributed by atoms with Crippen molar-refractivity contribution in [2.45, 2.75) is 51.4 Å². The van der Waals surface area contributed by atoms with Gasteiger partial charge in [0.1, 0.15) is 0 Å². The van der Waals surface area contributed by atoms with Crippen molar-refractivity contribution in [3.63, 3.8) is 0 Å². The summed E-state index contributed by atoms with van der Waals surface area (Å²) in [5.74, 6) is 0. The highest BCUT2D eigenvalue weighted by Gasteiger charge is 2.30. The molecule has 0 aromatic carbocycles. The van der Waals surface area contributed by atoms with Gasteiger partial charge in [0.25, 0.3) is 0 Å². The van der Waals surface area contributed by atoms with Crippen molar-refractivity contribution < 1.29 is 5.11 Å². The molecule has 0 radical (unpaired) electrons. The molecule has 0 bridgehead atoms. The van der Waals surface area contributed by atoms with Gasteiger partial charge in [0.15, 0.2) is 0 Å². The molecule has 0 unspecified atom stereocenters. The fraction of sp³-hybridized carbons (Fsp3) is 0.833. The van der Waals surface area contributed by atoms with Crippen LogP contribution in [0.3, 0.4) is 0 Å². The molecule has 1 nitrogen and oxygen atoms in total. The van der Waals surface area contributed by atoms with Crippen LogP contribution in [-0.2, 0) is 0 Å². The molecule has 1 fully saturated rings. The lowest BCUT2D eigenvalue weighted by Crippen LogP contribution is -2.28. The van der Waals surface area contributed by atoms with Gasteiger partial charge in [-0.15, -0.1) is 6.58 Å². The molecule has 76 valence electrons. The van der Waals surface area contributed by atoms with Gasteiger partial charge in [-0.2, -0.15) is 0 Å². The van der Waals surface area contributed by atoms with Gasteiger partial charge in [-0.25, -0.2) is 0 Å². The standard InChI is InChI=1S/C12H22O/c1-2-3-5-8-12(11-13)9-6-4-7-10-12/h2,13H,1,3-11H2. The molecule has 1 saturated carbocycles. The van der Waals surface area contributed by atoms with Gasteiger partial charge in [-0.1, -0.05) is 25.3 Å². The number of allylic oxidation sites excluding steroid dienone is 1. The maximum atomic E-state index is 9.42. The average molecular weight is 182 g/mol. The lowest BCUT2D eigenvalue weighted by atomic mass is 9.71. The molecule has 1 rings (SSSR count). The Morgan fingerprint density at radius 1 is 1.23 bits per heavy atom. The van der Waals surface area contributed by atoms with E-state index in [2.05, 4.69) is 6.58 Å². The molecule has 0 aliphatic heterocycles. The second-order valence-corrected chi connectivity index (χ2v) is 4.40. The quantitative estimate of drug-likeness (QED) is 0.511. The molecular weight excluding hydrogens is 160 g/mol. The molecule has 1 heteroatoms. The summed E-state index contributed by atoms with van der Waals surface area (Å²) in [7, 11) is 0. The molecule has 1 aliphatic rings. The normalized spacial score (nSPS) is 21.3. The van der Waals surface area contributed by atoms with Crippen LogP contribution in [-0.4, -0.2) is 11.7 Å². The van der Waals surface area contributed by atoms with E-state index in [0.29, 0.717) is 6.61 Å².